The molecule has 23 heavy (non-hydrogen) atoms. The summed E-state index contributed by atoms with van der Waals surface area (Å²) in [4.78, 5) is 0. The summed E-state index contributed by atoms with van der Waals surface area (Å²) >= 11 is 0. The molecule has 1 aliphatic rings. The van der Waals surface area contributed by atoms with Crippen molar-refractivity contribution in [2.45, 2.75) is 91.4 Å². The Morgan fingerprint density at radius 2 is 1.17 bits per heavy atom. The summed E-state index contributed by atoms with van der Waals surface area (Å²) in [5.41, 5.74) is 6.78. The SMILES string of the molecule is CC(C)(C)c1cc(C(C)(C)C)c(PC=C2CC2)c(C(C)(C)C)c1. The van der Waals surface area contributed by atoms with Crippen LogP contribution in [0.2, 0.25) is 0 Å². The second-order valence-corrected chi connectivity index (χ2v) is 11.2. The van der Waals surface area contributed by atoms with Gasteiger partial charge in [0.2, 0.25) is 0 Å². The van der Waals surface area contributed by atoms with Gasteiger partial charge in [0.05, 0.1) is 0 Å². The molecular formula is C22H35P. The first kappa shape index (κ1) is 18.7. The van der Waals surface area contributed by atoms with Crippen molar-refractivity contribution in [3.63, 3.8) is 0 Å². The molecular weight excluding hydrogens is 295 g/mol. The van der Waals surface area contributed by atoms with Crippen LogP contribution in [0.5, 0.6) is 0 Å². The number of allylic oxidation sites excluding steroid dienone is 1. The Bertz CT molecular complexity index is 572. The molecule has 1 saturated carbocycles. The molecule has 0 saturated heterocycles. The van der Waals surface area contributed by atoms with Crippen molar-refractivity contribution >= 4 is 13.9 Å². The lowest BCUT2D eigenvalue weighted by Gasteiger charge is -2.33. The Hall–Kier alpha value is -0.610. The van der Waals surface area contributed by atoms with Gasteiger partial charge in [-0.2, -0.15) is 0 Å². The molecule has 0 aromatic heterocycles. The molecule has 0 N–H and O–H groups in total. The third kappa shape index (κ3) is 4.69. The molecule has 0 bridgehead atoms. The second kappa shape index (κ2) is 6.03. The molecule has 2 rings (SSSR count). The zero-order chi connectivity index (χ0) is 17.6. The fourth-order valence-corrected chi connectivity index (χ4v) is 4.65. The summed E-state index contributed by atoms with van der Waals surface area (Å²) in [5.74, 6) is 2.51. The van der Waals surface area contributed by atoms with E-state index in [-0.39, 0.29) is 16.2 Å². The van der Waals surface area contributed by atoms with Crippen molar-refractivity contribution < 1.29 is 0 Å². The maximum atomic E-state index is 2.51. The number of benzene rings is 1. The highest BCUT2D eigenvalue weighted by molar-refractivity contribution is 7.50. The van der Waals surface area contributed by atoms with E-state index in [9.17, 15) is 0 Å². The molecule has 0 spiro atoms. The molecule has 1 atom stereocenters. The summed E-state index contributed by atoms with van der Waals surface area (Å²) < 4.78 is 0. The smallest absolute Gasteiger partial charge is 0.0125 e. The van der Waals surface area contributed by atoms with E-state index in [0.717, 1.165) is 8.58 Å². The average Bonchev–Trinajstić information content (AvgIpc) is 3.15. The first-order valence-corrected chi connectivity index (χ1v) is 10.0. The van der Waals surface area contributed by atoms with Crippen LogP contribution < -0.4 is 5.30 Å². The van der Waals surface area contributed by atoms with Gasteiger partial charge in [-0.3, -0.25) is 0 Å². The van der Waals surface area contributed by atoms with Gasteiger partial charge in [-0.25, -0.2) is 0 Å². The molecule has 1 aromatic carbocycles. The van der Waals surface area contributed by atoms with Gasteiger partial charge in [-0.05, 0) is 51.1 Å². The zero-order valence-corrected chi connectivity index (χ0v) is 17.6. The number of rotatable bonds is 2. The minimum Gasteiger partial charge on any atom is -0.0690 e. The molecule has 0 heterocycles. The van der Waals surface area contributed by atoms with Crippen molar-refractivity contribution in [1.29, 1.82) is 0 Å². The summed E-state index contributed by atoms with van der Waals surface area (Å²) in [7, 11) is 0.810. The van der Waals surface area contributed by atoms with Crippen molar-refractivity contribution in [3.8, 4) is 0 Å². The van der Waals surface area contributed by atoms with Crippen LogP contribution in [0.25, 0.3) is 0 Å². The molecule has 0 amide bonds. The van der Waals surface area contributed by atoms with E-state index in [0.29, 0.717) is 0 Å². The van der Waals surface area contributed by atoms with Crippen molar-refractivity contribution in [2.75, 3.05) is 0 Å². The Morgan fingerprint density at radius 1 is 0.739 bits per heavy atom. The van der Waals surface area contributed by atoms with E-state index in [2.05, 4.69) is 80.3 Å². The molecule has 1 aromatic rings. The van der Waals surface area contributed by atoms with Crippen molar-refractivity contribution in [3.05, 3.63) is 40.2 Å². The third-order valence-corrected chi connectivity index (χ3v) is 5.96. The van der Waals surface area contributed by atoms with Crippen LogP contribution in [0.15, 0.2) is 23.5 Å². The molecule has 1 heteroatoms. The van der Waals surface area contributed by atoms with Crippen LogP contribution in [0.1, 0.15) is 91.8 Å². The van der Waals surface area contributed by atoms with Crippen LogP contribution in [-0.4, -0.2) is 0 Å². The summed E-state index contributed by atoms with van der Waals surface area (Å²) in [5, 5.41) is 1.59. The van der Waals surface area contributed by atoms with Crippen LogP contribution in [0.4, 0.5) is 0 Å². The van der Waals surface area contributed by atoms with Gasteiger partial charge in [0.25, 0.3) is 0 Å². The highest BCUT2D eigenvalue weighted by atomic mass is 31.1. The van der Waals surface area contributed by atoms with Gasteiger partial charge in [0, 0.05) is 0 Å². The minimum atomic E-state index is 0.186. The fraction of sp³-hybridized carbons (Fsp3) is 0.636. The van der Waals surface area contributed by atoms with Gasteiger partial charge in [0.15, 0.2) is 0 Å². The van der Waals surface area contributed by atoms with E-state index in [1.807, 2.05) is 0 Å². The van der Waals surface area contributed by atoms with Crippen LogP contribution in [-0.2, 0) is 16.2 Å². The second-order valence-electron chi connectivity index (χ2n) is 10.1. The highest BCUT2D eigenvalue weighted by Gasteiger charge is 2.28. The van der Waals surface area contributed by atoms with E-state index in [1.54, 1.807) is 22.0 Å². The van der Waals surface area contributed by atoms with E-state index in [4.69, 9.17) is 0 Å². The first-order valence-electron chi connectivity index (χ1n) is 8.94. The van der Waals surface area contributed by atoms with Gasteiger partial charge >= 0.3 is 0 Å². The standard InChI is InChI=1S/C22H35P/c1-20(2,3)16-12-17(21(4,5)6)19(23-14-15-10-11-15)18(13-16)22(7,8)9/h12-14,23H,10-11H2,1-9H3. The monoisotopic (exact) mass is 330 g/mol. The van der Waals surface area contributed by atoms with E-state index < -0.39 is 0 Å². The molecule has 0 aliphatic heterocycles. The Kier molecular flexibility index (Phi) is 4.91. The molecule has 1 unspecified atom stereocenters. The summed E-state index contributed by atoms with van der Waals surface area (Å²) in [6, 6.07) is 4.98. The first-order chi connectivity index (χ1) is 10.3. The van der Waals surface area contributed by atoms with Crippen LogP contribution >= 0.6 is 8.58 Å². The summed E-state index contributed by atoms with van der Waals surface area (Å²) in [6.45, 7) is 21.1. The van der Waals surface area contributed by atoms with Crippen molar-refractivity contribution in [2.24, 2.45) is 0 Å². The Balaban J connectivity index is 2.71. The predicted molar refractivity (Wildman–Crippen MR) is 108 cm³/mol. The maximum absolute atomic E-state index is 2.51. The lowest BCUT2D eigenvalue weighted by atomic mass is 9.75. The molecule has 0 radical (unpaired) electrons. The van der Waals surface area contributed by atoms with Crippen molar-refractivity contribution in [1.82, 2.24) is 0 Å². The largest absolute Gasteiger partial charge is 0.0690 e. The lowest BCUT2D eigenvalue weighted by Crippen LogP contribution is -2.30. The Morgan fingerprint density at radius 3 is 1.48 bits per heavy atom. The zero-order valence-electron chi connectivity index (χ0n) is 16.6. The topological polar surface area (TPSA) is 0 Å². The quantitative estimate of drug-likeness (QED) is 0.539. The molecule has 1 aliphatic carbocycles. The normalized spacial score (nSPS) is 16.3. The highest BCUT2D eigenvalue weighted by Crippen LogP contribution is 2.39. The minimum absolute atomic E-state index is 0.186. The summed E-state index contributed by atoms with van der Waals surface area (Å²) in [6.07, 6.45) is 2.64. The van der Waals surface area contributed by atoms with E-state index >= 15 is 0 Å². The fourth-order valence-electron chi connectivity index (χ4n) is 2.80. The predicted octanol–water partition coefficient (Wildman–Crippen LogP) is 6.56. The third-order valence-electron chi connectivity index (χ3n) is 4.58. The molecule has 1 fully saturated rings. The van der Waals surface area contributed by atoms with Gasteiger partial charge in [0.1, 0.15) is 0 Å². The van der Waals surface area contributed by atoms with Gasteiger partial charge in [-0.1, -0.05) is 94.4 Å². The van der Waals surface area contributed by atoms with Crippen LogP contribution in [0.3, 0.4) is 0 Å². The molecule has 0 nitrogen and oxygen atoms in total. The molecule has 128 valence electrons. The number of hydrogen-bond donors (Lipinski definition) is 0. The number of hydrogen-bond acceptors (Lipinski definition) is 0. The average molecular weight is 330 g/mol. The van der Waals surface area contributed by atoms with E-state index in [1.165, 1.54) is 18.4 Å². The lowest BCUT2D eigenvalue weighted by molar-refractivity contribution is 0.554. The van der Waals surface area contributed by atoms with Crippen LogP contribution in [0, 0.1) is 0 Å². The van der Waals surface area contributed by atoms with Gasteiger partial charge in [-0.15, -0.1) is 0 Å². The Labute approximate surface area is 145 Å². The van der Waals surface area contributed by atoms with Gasteiger partial charge < -0.3 is 0 Å². The maximum Gasteiger partial charge on any atom is -0.0125 e.